The molecule has 0 aliphatic rings. The van der Waals surface area contributed by atoms with Crippen LogP contribution < -0.4 is 4.98 Å². The van der Waals surface area contributed by atoms with Crippen LogP contribution in [0.4, 0.5) is 0 Å². The van der Waals surface area contributed by atoms with Gasteiger partial charge in [-0.05, 0) is 5.56 Å². The van der Waals surface area contributed by atoms with Gasteiger partial charge < -0.3 is 4.98 Å². The molecule has 0 radical (unpaired) electrons. The van der Waals surface area contributed by atoms with Crippen LogP contribution in [-0.4, -0.2) is 10.4 Å². The van der Waals surface area contributed by atoms with E-state index in [9.17, 15) is 0 Å². The first-order valence-electron chi connectivity index (χ1n) is 3.12. The molecule has 9 heavy (non-hydrogen) atoms. The molecule has 0 saturated carbocycles. The lowest BCUT2D eigenvalue weighted by molar-refractivity contribution is 0.962. The van der Waals surface area contributed by atoms with E-state index in [0.717, 1.165) is 16.9 Å². The molecule has 1 N–H and O–H groups in total. The molecule has 0 bridgehead atoms. The Labute approximate surface area is 58.6 Å². The monoisotopic (exact) mass is 137 g/mol. The molecule has 0 aromatic heterocycles. The van der Waals surface area contributed by atoms with Crippen molar-refractivity contribution < 1.29 is 0 Å². The highest BCUT2D eigenvalue weighted by atomic mass is 28.2. The van der Waals surface area contributed by atoms with Gasteiger partial charge in [-0.25, -0.2) is 0 Å². The molecular formula is C7H11NSi. The van der Waals surface area contributed by atoms with E-state index in [1.165, 1.54) is 5.56 Å². The van der Waals surface area contributed by atoms with Crippen LogP contribution >= 0.6 is 0 Å². The van der Waals surface area contributed by atoms with Crippen LogP contribution in [0.5, 0.6) is 0 Å². The Morgan fingerprint density at radius 2 is 1.89 bits per heavy atom. The van der Waals surface area contributed by atoms with Crippen molar-refractivity contribution in [2.24, 2.45) is 0 Å². The quantitative estimate of drug-likeness (QED) is 0.568. The first-order chi connectivity index (χ1) is 4.43. The van der Waals surface area contributed by atoms with E-state index in [1.54, 1.807) is 0 Å². The Hall–Kier alpha value is -0.603. The van der Waals surface area contributed by atoms with Gasteiger partial charge in [0.25, 0.3) is 0 Å². The standard InChI is InChI=1S/C7H11NSi/c9-8-6-7-4-2-1-3-5-7/h1-5,8H,6H2,9H3. The Bertz CT molecular complexity index is 162. The van der Waals surface area contributed by atoms with Gasteiger partial charge in [-0.15, -0.1) is 0 Å². The number of hydrogen-bond donors (Lipinski definition) is 1. The first kappa shape index (κ1) is 6.52. The van der Waals surface area contributed by atoms with Gasteiger partial charge in [0.05, 0.1) is 10.4 Å². The highest BCUT2D eigenvalue weighted by Gasteiger charge is 1.83. The fraction of sp³-hybridized carbons (Fsp3) is 0.143. The summed E-state index contributed by atoms with van der Waals surface area (Å²) < 4.78 is 0. The highest BCUT2D eigenvalue weighted by molar-refractivity contribution is 6.04. The second kappa shape index (κ2) is 3.43. The summed E-state index contributed by atoms with van der Waals surface area (Å²) in [4.78, 5) is 3.22. The van der Waals surface area contributed by atoms with E-state index in [-0.39, 0.29) is 0 Å². The SMILES string of the molecule is [SiH3]NCc1ccccc1. The number of benzene rings is 1. The average molecular weight is 137 g/mol. The van der Waals surface area contributed by atoms with E-state index < -0.39 is 0 Å². The van der Waals surface area contributed by atoms with E-state index in [4.69, 9.17) is 0 Å². The lowest BCUT2D eigenvalue weighted by Crippen LogP contribution is -2.06. The van der Waals surface area contributed by atoms with Gasteiger partial charge in [0.15, 0.2) is 0 Å². The van der Waals surface area contributed by atoms with Crippen LogP contribution in [0.1, 0.15) is 5.56 Å². The molecule has 0 heterocycles. The molecule has 0 atom stereocenters. The third-order valence-corrected chi connectivity index (χ3v) is 1.58. The van der Waals surface area contributed by atoms with Crippen molar-refractivity contribution in [2.75, 3.05) is 0 Å². The average Bonchev–Trinajstić information content (AvgIpc) is 1.91. The minimum Gasteiger partial charge on any atom is -0.342 e. The van der Waals surface area contributed by atoms with Crippen molar-refractivity contribution in [3.63, 3.8) is 0 Å². The molecule has 0 saturated heterocycles. The van der Waals surface area contributed by atoms with Crippen molar-refractivity contribution in [1.82, 2.24) is 4.98 Å². The molecule has 1 nitrogen and oxygen atoms in total. The van der Waals surface area contributed by atoms with Gasteiger partial charge in [0, 0.05) is 6.54 Å². The summed E-state index contributed by atoms with van der Waals surface area (Å²) in [7, 11) is 1.07. The molecule has 0 fully saturated rings. The van der Waals surface area contributed by atoms with Crippen molar-refractivity contribution in [2.45, 2.75) is 6.54 Å². The molecule has 0 unspecified atom stereocenters. The molecule has 48 valence electrons. The highest BCUT2D eigenvalue weighted by Crippen LogP contribution is 1.95. The van der Waals surface area contributed by atoms with Crippen LogP contribution in [0.25, 0.3) is 0 Å². The second-order valence-electron chi connectivity index (χ2n) is 2.02. The first-order valence-corrected chi connectivity index (χ1v) is 4.12. The zero-order chi connectivity index (χ0) is 6.53. The van der Waals surface area contributed by atoms with Crippen molar-refractivity contribution in [1.29, 1.82) is 0 Å². The van der Waals surface area contributed by atoms with Gasteiger partial charge >= 0.3 is 0 Å². The van der Waals surface area contributed by atoms with Gasteiger partial charge in [-0.1, -0.05) is 30.3 Å². The van der Waals surface area contributed by atoms with E-state index in [1.807, 2.05) is 6.07 Å². The fourth-order valence-electron chi connectivity index (χ4n) is 0.800. The summed E-state index contributed by atoms with van der Waals surface area (Å²) in [5.41, 5.74) is 1.37. The predicted molar refractivity (Wildman–Crippen MR) is 43.2 cm³/mol. The lowest BCUT2D eigenvalue weighted by atomic mass is 10.2. The molecule has 0 aliphatic carbocycles. The Balaban J connectivity index is 2.61. The molecule has 1 aromatic carbocycles. The number of rotatable bonds is 2. The minimum atomic E-state index is 1.02. The fourth-order valence-corrected chi connectivity index (χ4v) is 1.21. The van der Waals surface area contributed by atoms with E-state index in [0.29, 0.717) is 0 Å². The van der Waals surface area contributed by atoms with Gasteiger partial charge in [0.2, 0.25) is 0 Å². The smallest absolute Gasteiger partial charge is 0.0753 e. The topological polar surface area (TPSA) is 12.0 Å². The third-order valence-electron chi connectivity index (χ3n) is 1.22. The Morgan fingerprint density at radius 1 is 1.22 bits per heavy atom. The van der Waals surface area contributed by atoms with Gasteiger partial charge in [-0.2, -0.15) is 0 Å². The maximum Gasteiger partial charge on any atom is 0.0753 e. The molecule has 0 aliphatic heterocycles. The van der Waals surface area contributed by atoms with Crippen LogP contribution in [0.15, 0.2) is 30.3 Å². The van der Waals surface area contributed by atoms with Gasteiger partial charge in [0.1, 0.15) is 0 Å². The van der Waals surface area contributed by atoms with Crippen molar-refractivity contribution in [3.05, 3.63) is 35.9 Å². The van der Waals surface area contributed by atoms with Crippen LogP contribution in [0.2, 0.25) is 0 Å². The van der Waals surface area contributed by atoms with Gasteiger partial charge in [-0.3, -0.25) is 0 Å². The third kappa shape index (κ3) is 1.99. The van der Waals surface area contributed by atoms with Crippen molar-refractivity contribution in [3.8, 4) is 0 Å². The Kier molecular flexibility index (Phi) is 2.48. The molecule has 0 spiro atoms. The second-order valence-corrected chi connectivity index (χ2v) is 2.72. The molecule has 1 rings (SSSR count). The molecular weight excluding hydrogens is 126 g/mol. The zero-order valence-corrected chi connectivity index (χ0v) is 7.59. The molecule has 1 aromatic rings. The van der Waals surface area contributed by atoms with E-state index >= 15 is 0 Å². The minimum absolute atomic E-state index is 1.02. The van der Waals surface area contributed by atoms with Crippen LogP contribution in [0.3, 0.4) is 0 Å². The maximum atomic E-state index is 3.22. The summed E-state index contributed by atoms with van der Waals surface area (Å²) in [6.45, 7) is 1.02. The van der Waals surface area contributed by atoms with Crippen molar-refractivity contribution >= 4 is 10.4 Å². The Morgan fingerprint density at radius 3 is 2.44 bits per heavy atom. The summed E-state index contributed by atoms with van der Waals surface area (Å²) >= 11 is 0. The molecule has 0 amide bonds. The van der Waals surface area contributed by atoms with E-state index in [2.05, 4.69) is 29.2 Å². The summed E-state index contributed by atoms with van der Waals surface area (Å²) in [6.07, 6.45) is 0. The normalized spacial score (nSPS) is 9.78. The largest absolute Gasteiger partial charge is 0.342 e. The molecule has 2 heteroatoms. The summed E-state index contributed by atoms with van der Waals surface area (Å²) in [6, 6.07) is 10.4. The lowest BCUT2D eigenvalue weighted by Gasteiger charge is -1.96. The maximum absolute atomic E-state index is 3.22. The van der Waals surface area contributed by atoms with Crippen LogP contribution in [0, 0.1) is 0 Å². The summed E-state index contributed by atoms with van der Waals surface area (Å²) in [5, 5.41) is 0. The number of nitrogens with one attached hydrogen (secondary N) is 1. The zero-order valence-electron chi connectivity index (χ0n) is 5.59. The predicted octanol–water partition coefficient (Wildman–Crippen LogP) is 0.0566. The number of hydrogen-bond acceptors (Lipinski definition) is 1. The summed E-state index contributed by atoms with van der Waals surface area (Å²) in [5.74, 6) is 0. The van der Waals surface area contributed by atoms with Crippen LogP contribution in [-0.2, 0) is 6.54 Å².